The molecule has 0 aliphatic rings. The summed E-state index contributed by atoms with van der Waals surface area (Å²) < 4.78 is 30.5. The van der Waals surface area contributed by atoms with Crippen molar-refractivity contribution in [2.24, 2.45) is 0 Å². The standard InChI is InChI=1S/C23H23N5O4S/c1-14(2)18-12-20(28(27-18)16-7-9-17(10-8-16)33(4,30)31)22(29)26-23-25-19(13-32-23)21-15(3)6-5-11-24-21/h5-14H,1-4H3,(H,25,26,29). The van der Waals surface area contributed by atoms with E-state index in [2.05, 4.69) is 20.4 Å². The van der Waals surface area contributed by atoms with Crippen LogP contribution < -0.4 is 5.32 Å². The van der Waals surface area contributed by atoms with Crippen LogP contribution in [0.4, 0.5) is 6.01 Å². The van der Waals surface area contributed by atoms with Crippen molar-refractivity contribution in [1.29, 1.82) is 0 Å². The highest BCUT2D eigenvalue weighted by atomic mass is 32.2. The van der Waals surface area contributed by atoms with E-state index in [0.29, 0.717) is 22.8 Å². The molecule has 0 aliphatic heterocycles. The highest BCUT2D eigenvalue weighted by molar-refractivity contribution is 7.90. The van der Waals surface area contributed by atoms with Crippen molar-refractivity contribution < 1.29 is 17.6 Å². The molecule has 1 amide bonds. The highest BCUT2D eigenvalue weighted by Gasteiger charge is 2.21. The molecule has 4 aromatic rings. The summed E-state index contributed by atoms with van der Waals surface area (Å²) >= 11 is 0. The van der Waals surface area contributed by atoms with E-state index < -0.39 is 15.7 Å². The van der Waals surface area contributed by atoms with Gasteiger partial charge in [-0.15, -0.1) is 0 Å². The Hall–Kier alpha value is -3.79. The van der Waals surface area contributed by atoms with Gasteiger partial charge in [-0.25, -0.2) is 13.1 Å². The number of anilines is 1. The number of pyridine rings is 1. The Morgan fingerprint density at radius 1 is 1.15 bits per heavy atom. The molecule has 0 saturated carbocycles. The molecule has 3 heterocycles. The molecule has 0 atom stereocenters. The molecule has 9 nitrogen and oxygen atoms in total. The minimum Gasteiger partial charge on any atom is -0.431 e. The largest absolute Gasteiger partial charge is 0.431 e. The molecular formula is C23H23N5O4S. The summed E-state index contributed by atoms with van der Waals surface area (Å²) in [5.74, 6) is -0.388. The van der Waals surface area contributed by atoms with Gasteiger partial charge in [0.25, 0.3) is 5.91 Å². The number of benzene rings is 1. The van der Waals surface area contributed by atoms with E-state index >= 15 is 0 Å². The molecule has 1 N–H and O–H groups in total. The van der Waals surface area contributed by atoms with Gasteiger partial charge in [-0.2, -0.15) is 10.1 Å². The van der Waals surface area contributed by atoms with E-state index in [9.17, 15) is 13.2 Å². The van der Waals surface area contributed by atoms with Gasteiger partial charge in [-0.1, -0.05) is 19.9 Å². The zero-order valence-corrected chi connectivity index (χ0v) is 19.4. The number of aryl methyl sites for hydroxylation is 1. The normalized spacial score (nSPS) is 11.7. The van der Waals surface area contributed by atoms with Gasteiger partial charge >= 0.3 is 6.01 Å². The van der Waals surface area contributed by atoms with Crippen LogP contribution in [0.1, 0.15) is 41.5 Å². The van der Waals surface area contributed by atoms with Crippen molar-refractivity contribution in [3.8, 4) is 17.1 Å². The number of amides is 1. The second kappa shape index (κ2) is 8.62. The molecule has 0 aliphatic carbocycles. The van der Waals surface area contributed by atoms with E-state index in [1.807, 2.05) is 32.9 Å². The Balaban J connectivity index is 1.65. The van der Waals surface area contributed by atoms with E-state index in [4.69, 9.17) is 4.42 Å². The molecule has 33 heavy (non-hydrogen) atoms. The van der Waals surface area contributed by atoms with Crippen molar-refractivity contribution in [2.45, 2.75) is 31.6 Å². The Bertz CT molecular complexity index is 1420. The number of oxazole rings is 1. The number of carbonyl (C=O) groups is 1. The number of rotatable bonds is 6. The van der Waals surface area contributed by atoms with Crippen LogP contribution in [0.15, 0.2) is 64.2 Å². The molecule has 0 spiro atoms. The quantitative estimate of drug-likeness (QED) is 0.457. The first-order valence-corrected chi connectivity index (χ1v) is 12.1. The van der Waals surface area contributed by atoms with Gasteiger partial charge in [-0.05, 0) is 54.8 Å². The van der Waals surface area contributed by atoms with Gasteiger partial charge in [0.15, 0.2) is 9.84 Å². The van der Waals surface area contributed by atoms with Crippen molar-refractivity contribution >= 4 is 21.8 Å². The number of carbonyl (C=O) groups excluding carboxylic acids is 1. The minimum atomic E-state index is -3.34. The molecule has 0 unspecified atom stereocenters. The van der Waals surface area contributed by atoms with Crippen LogP contribution in [-0.4, -0.2) is 40.3 Å². The second-order valence-electron chi connectivity index (χ2n) is 7.95. The maximum absolute atomic E-state index is 13.1. The van der Waals surface area contributed by atoms with E-state index in [1.54, 1.807) is 24.4 Å². The number of hydrogen-bond acceptors (Lipinski definition) is 7. The van der Waals surface area contributed by atoms with Gasteiger partial charge in [-0.3, -0.25) is 15.1 Å². The topological polar surface area (TPSA) is 120 Å². The summed E-state index contributed by atoms with van der Waals surface area (Å²) in [7, 11) is -3.34. The molecule has 0 bridgehead atoms. The van der Waals surface area contributed by atoms with Crippen LogP contribution in [0, 0.1) is 6.92 Å². The minimum absolute atomic E-state index is 0.0336. The zero-order chi connectivity index (χ0) is 23.8. The summed E-state index contributed by atoms with van der Waals surface area (Å²) in [6.07, 6.45) is 4.24. The maximum atomic E-state index is 13.1. The summed E-state index contributed by atoms with van der Waals surface area (Å²) in [4.78, 5) is 21.9. The van der Waals surface area contributed by atoms with Gasteiger partial charge in [0, 0.05) is 12.5 Å². The summed E-state index contributed by atoms with van der Waals surface area (Å²) in [5, 5.41) is 7.21. The Morgan fingerprint density at radius 2 is 1.88 bits per heavy atom. The summed E-state index contributed by atoms with van der Waals surface area (Å²) in [6.45, 7) is 5.85. The predicted molar refractivity (Wildman–Crippen MR) is 123 cm³/mol. The Kier molecular flexibility index (Phi) is 5.86. The average Bonchev–Trinajstić information content (AvgIpc) is 3.41. The smallest absolute Gasteiger partial charge is 0.302 e. The van der Waals surface area contributed by atoms with Crippen molar-refractivity contribution in [2.75, 3.05) is 11.6 Å². The van der Waals surface area contributed by atoms with E-state index in [0.717, 1.165) is 11.8 Å². The first-order chi connectivity index (χ1) is 15.6. The monoisotopic (exact) mass is 465 g/mol. The van der Waals surface area contributed by atoms with Crippen LogP contribution in [0.5, 0.6) is 0 Å². The average molecular weight is 466 g/mol. The van der Waals surface area contributed by atoms with Crippen molar-refractivity contribution in [1.82, 2.24) is 19.7 Å². The number of nitrogens with one attached hydrogen (secondary N) is 1. The molecule has 0 radical (unpaired) electrons. The van der Waals surface area contributed by atoms with Gasteiger partial charge < -0.3 is 4.42 Å². The van der Waals surface area contributed by atoms with Crippen molar-refractivity contribution in [3.63, 3.8) is 0 Å². The van der Waals surface area contributed by atoms with E-state index in [1.165, 1.54) is 23.1 Å². The number of sulfone groups is 1. The number of hydrogen-bond donors (Lipinski definition) is 1. The highest BCUT2D eigenvalue weighted by Crippen LogP contribution is 2.24. The summed E-state index contributed by atoms with van der Waals surface area (Å²) in [5.41, 5.74) is 3.64. The Morgan fingerprint density at radius 3 is 2.52 bits per heavy atom. The summed E-state index contributed by atoms with van der Waals surface area (Å²) in [6, 6.07) is 11.7. The van der Waals surface area contributed by atoms with Crippen LogP contribution >= 0.6 is 0 Å². The lowest BCUT2D eigenvalue weighted by molar-refractivity contribution is 0.101. The fourth-order valence-electron chi connectivity index (χ4n) is 3.23. The third kappa shape index (κ3) is 4.70. The fourth-order valence-corrected chi connectivity index (χ4v) is 3.86. The van der Waals surface area contributed by atoms with Crippen LogP contribution in [0.2, 0.25) is 0 Å². The lowest BCUT2D eigenvalue weighted by Crippen LogP contribution is -2.17. The first kappa shape index (κ1) is 22.4. The SMILES string of the molecule is Cc1cccnc1-c1coc(NC(=O)c2cc(C(C)C)nn2-c2ccc(S(C)(=O)=O)cc2)n1. The molecule has 0 fully saturated rings. The Labute approximate surface area is 191 Å². The maximum Gasteiger partial charge on any atom is 0.302 e. The lowest BCUT2D eigenvalue weighted by Gasteiger charge is -2.08. The van der Waals surface area contributed by atoms with Crippen LogP contribution in [0.3, 0.4) is 0 Å². The lowest BCUT2D eigenvalue weighted by atomic mass is 10.1. The number of nitrogens with zero attached hydrogens (tertiary/aromatic N) is 4. The van der Waals surface area contributed by atoms with Gasteiger partial charge in [0.1, 0.15) is 17.7 Å². The molecule has 3 aromatic heterocycles. The zero-order valence-electron chi connectivity index (χ0n) is 18.6. The number of aromatic nitrogens is 4. The van der Waals surface area contributed by atoms with Gasteiger partial charge in [0.2, 0.25) is 0 Å². The third-order valence-corrected chi connectivity index (χ3v) is 6.17. The van der Waals surface area contributed by atoms with Crippen LogP contribution in [-0.2, 0) is 9.84 Å². The molecule has 170 valence electrons. The third-order valence-electron chi connectivity index (χ3n) is 5.04. The van der Waals surface area contributed by atoms with Crippen LogP contribution in [0.25, 0.3) is 17.1 Å². The first-order valence-electron chi connectivity index (χ1n) is 10.2. The predicted octanol–water partition coefficient (Wildman–Crippen LogP) is 4.01. The molecule has 10 heteroatoms. The van der Waals surface area contributed by atoms with E-state index in [-0.39, 0.29) is 22.5 Å². The van der Waals surface area contributed by atoms with Crippen molar-refractivity contribution in [3.05, 3.63) is 71.9 Å². The fraction of sp³-hybridized carbons (Fsp3) is 0.217. The molecule has 4 rings (SSSR count). The second-order valence-corrected chi connectivity index (χ2v) is 9.96. The molecular weight excluding hydrogens is 442 g/mol. The molecule has 0 saturated heterocycles. The van der Waals surface area contributed by atoms with Gasteiger partial charge in [0.05, 0.1) is 22.0 Å². The molecule has 1 aromatic carbocycles.